The van der Waals surface area contributed by atoms with Crippen molar-refractivity contribution in [3.05, 3.63) is 59.1 Å². The van der Waals surface area contributed by atoms with Gasteiger partial charge in [0, 0.05) is 30.4 Å². The van der Waals surface area contributed by atoms with Crippen molar-refractivity contribution >= 4 is 23.2 Å². The standard InChI is InChI=1S/C22H25ClN2O3/c1-15-5-2-3-7-19(15)25-20(14-24-13-18-6-4-12-27-18)21(22(25)26)28-17-10-8-16(23)9-11-17/h2-3,5,7-11,18,20-21,24H,4,6,12-14H2,1H3/t18-,20+,21-/m1/s1. The van der Waals surface area contributed by atoms with Crippen LogP contribution in [-0.2, 0) is 9.53 Å². The Balaban J connectivity index is 1.48. The third kappa shape index (κ3) is 4.02. The van der Waals surface area contributed by atoms with E-state index in [4.69, 9.17) is 21.1 Å². The Morgan fingerprint density at radius 1 is 1.18 bits per heavy atom. The smallest absolute Gasteiger partial charge is 0.270 e. The van der Waals surface area contributed by atoms with E-state index in [1.807, 2.05) is 36.1 Å². The van der Waals surface area contributed by atoms with Crippen LogP contribution in [0.2, 0.25) is 5.02 Å². The Hall–Kier alpha value is -2.08. The molecule has 6 heteroatoms. The number of aryl methyl sites for hydroxylation is 1. The highest BCUT2D eigenvalue weighted by Gasteiger charge is 2.50. The van der Waals surface area contributed by atoms with Crippen molar-refractivity contribution in [3.8, 4) is 5.75 Å². The van der Waals surface area contributed by atoms with Gasteiger partial charge in [-0.2, -0.15) is 0 Å². The maximum Gasteiger partial charge on any atom is 0.270 e. The van der Waals surface area contributed by atoms with Crippen LogP contribution in [0.15, 0.2) is 48.5 Å². The van der Waals surface area contributed by atoms with Gasteiger partial charge in [0.15, 0.2) is 6.10 Å². The minimum atomic E-state index is -0.516. The van der Waals surface area contributed by atoms with E-state index < -0.39 is 6.10 Å². The van der Waals surface area contributed by atoms with E-state index in [1.165, 1.54) is 0 Å². The third-order valence-electron chi connectivity index (χ3n) is 5.36. The number of anilines is 1. The van der Waals surface area contributed by atoms with Crippen molar-refractivity contribution in [3.63, 3.8) is 0 Å². The van der Waals surface area contributed by atoms with Crippen molar-refractivity contribution in [1.29, 1.82) is 0 Å². The van der Waals surface area contributed by atoms with Crippen LogP contribution in [0.25, 0.3) is 0 Å². The molecule has 0 radical (unpaired) electrons. The summed E-state index contributed by atoms with van der Waals surface area (Å²) in [4.78, 5) is 14.8. The van der Waals surface area contributed by atoms with Crippen molar-refractivity contribution in [2.75, 3.05) is 24.6 Å². The second kappa shape index (κ2) is 8.52. The summed E-state index contributed by atoms with van der Waals surface area (Å²) in [5, 5.41) is 4.12. The first-order valence-electron chi connectivity index (χ1n) is 9.77. The number of hydrogen-bond acceptors (Lipinski definition) is 4. The normalized spacial score (nSPS) is 24.3. The molecule has 2 saturated heterocycles. The number of amides is 1. The van der Waals surface area contributed by atoms with E-state index in [1.54, 1.807) is 24.3 Å². The van der Waals surface area contributed by atoms with Gasteiger partial charge in [0.25, 0.3) is 5.91 Å². The zero-order chi connectivity index (χ0) is 19.5. The highest BCUT2D eigenvalue weighted by Crippen LogP contribution is 2.33. The number of nitrogens with zero attached hydrogens (tertiary/aromatic N) is 1. The van der Waals surface area contributed by atoms with E-state index >= 15 is 0 Å². The van der Waals surface area contributed by atoms with Crippen LogP contribution in [0.4, 0.5) is 5.69 Å². The van der Waals surface area contributed by atoms with E-state index in [0.717, 1.165) is 37.2 Å². The van der Waals surface area contributed by atoms with Crippen LogP contribution >= 0.6 is 11.6 Å². The molecule has 2 aromatic rings. The van der Waals surface area contributed by atoms with Gasteiger partial charge in [0.2, 0.25) is 0 Å². The van der Waals surface area contributed by atoms with Crippen LogP contribution < -0.4 is 15.0 Å². The number of hydrogen-bond donors (Lipinski definition) is 1. The number of ether oxygens (including phenoxy) is 2. The average molecular weight is 401 g/mol. The molecule has 2 aliphatic heterocycles. The number of benzene rings is 2. The number of carbonyl (C=O) groups excluding carboxylic acids is 1. The maximum atomic E-state index is 12.9. The zero-order valence-corrected chi connectivity index (χ0v) is 16.7. The van der Waals surface area contributed by atoms with Gasteiger partial charge in [0.1, 0.15) is 5.75 Å². The maximum absolute atomic E-state index is 12.9. The molecular weight excluding hydrogens is 376 g/mol. The number of nitrogens with one attached hydrogen (secondary N) is 1. The van der Waals surface area contributed by atoms with E-state index in [0.29, 0.717) is 17.3 Å². The summed E-state index contributed by atoms with van der Waals surface area (Å²) >= 11 is 5.95. The first-order valence-corrected chi connectivity index (χ1v) is 10.1. The number of rotatable bonds is 7. The van der Waals surface area contributed by atoms with E-state index in [9.17, 15) is 4.79 Å². The van der Waals surface area contributed by atoms with Gasteiger partial charge in [-0.1, -0.05) is 29.8 Å². The minimum absolute atomic E-state index is 0.0202. The van der Waals surface area contributed by atoms with Crippen molar-refractivity contribution < 1.29 is 14.3 Å². The largest absolute Gasteiger partial charge is 0.478 e. The molecule has 0 bridgehead atoms. The molecule has 0 unspecified atom stereocenters. The summed E-state index contributed by atoms with van der Waals surface area (Å²) in [7, 11) is 0. The molecule has 0 saturated carbocycles. The van der Waals surface area contributed by atoms with Gasteiger partial charge in [-0.25, -0.2) is 0 Å². The highest BCUT2D eigenvalue weighted by molar-refractivity contribution is 6.30. The summed E-state index contributed by atoms with van der Waals surface area (Å²) in [5.41, 5.74) is 2.01. The van der Waals surface area contributed by atoms with Gasteiger partial charge in [-0.3, -0.25) is 4.79 Å². The lowest BCUT2D eigenvalue weighted by atomic mass is 9.95. The number of carbonyl (C=O) groups is 1. The van der Waals surface area contributed by atoms with Crippen LogP contribution in [-0.4, -0.2) is 43.9 Å². The molecule has 2 fully saturated rings. The Kier molecular flexibility index (Phi) is 5.85. The second-order valence-electron chi connectivity index (χ2n) is 7.35. The Morgan fingerprint density at radius 2 is 1.96 bits per heavy atom. The molecule has 0 aliphatic carbocycles. The molecule has 4 rings (SSSR count). The topological polar surface area (TPSA) is 50.8 Å². The highest BCUT2D eigenvalue weighted by atomic mass is 35.5. The molecule has 5 nitrogen and oxygen atoms in total. The van der Waals surface area contributed by atoms with Gasteiger partial charge >= 0.3 is 0 Å². The fourth-order valence-electron chi connectivity index (χ4n) is 3.83. The minimum Gasteiger partial charge on any atom is -0.478 e. The molecule has 0 spiro atoms. The molecular formula is C22H25ClN2O3. The number of para-hydroxylation sites is 1. The van der Waals surface area contributed by atoms with Crippen molar-refractivity contribution in [1.82, 2.24) is 5.32 Å². The van der Waals surface area contributed by atoms with Gasteiger partial charge in [0.05, 0.1) is 12.1 Å². The molecule has 1 N–H and O–H groups in total. The molecule has 1 amide bonds. The summed E-state index contributed by atoms with van der Waals surface area (Å²) in [5.74, 6) is 0.629. The third-order valence-corrected chi connectivity index (χ3v) is 5.62. The first kappa shape index (κ1) is 19.2. The predicted molar refractivity (Wildman–Crippen MR) is 110 cm³/mol. The van der Waals surface area contributed by atoms with Crippen LogP contribution in [0, 0.1) is 6.92 Å². The lowest BCUT2D eigenvalue weighted by Gasteiger charge is -2.47. The molecule has 2 aromatic carbocycles. The lowest BCUT2D eigenvalue weighted by Crippen LogP contribution is -2.70. The molecule has 3 atom stereocenters. The molecule has 0 aromatic heterocycles. The van der Waals surface area contributed by atoms with Crippen LogP contribution in [0.3, 0.4) is 0 Å². The van der Waals surface area contributed by atoms with E-state index in [-0.39, 0.29) is 18.1 Å². The molecule has 28 heavy (non-hydrogen) atoms. The predicted octanol–water partition coefficient (Wildman–Crippen LogP) is 3.58. The fraction of sp³-hybridized carbons (Fsp3) is 0.409. The second-order valence-corrected chi connectivity index (χ2v) is 7.78. The van der Waals surface area contributed by atoms with Crippen LogP contribution in [0.5, 0.6) is 5.75 Å². The summed E-state index contributed by atoms with van der Waals surface area (Å²) < 4.78 is 11.7. The molecule has 2 aliphatic rings. The number of halogens is 1. The van der Waals surface area contributed by atoms with Gasteiger partial charge < -0.3 is 19.7 Å². The Labute approximate surface area is 170 Å². The van der Waals surface area contributed by atoms with Crippen LogP contribution in [0.1, 0.15) is 18.4 Å². The van der Waals surface area contributed by atoms with Gasteiger partial charge in [-0.15, -0.1) is 0 Å². The summed E-state index contributed by atoms with van der Waals surface area (Å²) in [6, 6.07) is 15.0. The Bertz CT molecular complexity index is 821. The summed E-state index contributed by atoms with van der Waals surface area (Å²) in [6.45, 7) is 4.30. The monoisotopic (exact) mass is 400 g/mol. The number of β-lactam (4-membered cyclic amide) rings is 1. The van der Waals surface area contributed by atoms with E-state index in [2.05, 4.69) is 5.32 Å². The van der Waals surface area contributed by atoms with Crippen molar-refractivity contribution in [2.45, 2.75) is 38.0 Å². The quantitative estimate of drug-likeness (QED) is 0.722. The Morgan fingerprint density at radius 3 is 2.68 bits per heavy atom. The SMILES string of the molecule is Cc1ccccc1N1C(=O)[C@H](Oc2ccc(Cl)cc2)[C@@H]1CNC[C@H]1CCCO1. The molecule has 2 heterocycles. The van der Waals surface area contributed by atoms with Crippen molar-refractivity contribution in [2.24, 2.45) is 0 Å². The zero-order valence-electron chi connectivity index (χ0n) is 15.9. The lowest BCUT2D eigenvalue weighted by molar-refractivity contribution is -0.134. The fourth-order valence-corrected chi connectivity index (χ4v) is 3.96. The average Bonchev–Trinajstić information content (AvgIpc) is 3.21. The molecule has 148 valence electrons. The van der Waals surface area contributed by atoms with Gasteiger partial charge in [-0.05, 0) is 55.7 Å². The first-order chi connectivity index (χ1) is 13.6. The summed E-state index contributed by atoms with van der Waals surface area (Å²) in [6.07, 6.45) is 1.95.